The number of nitrogens with zero attached hydrogens (tertiary/aromatic N) is 2. The second-order valence-corrected chi connectivity index (χ2v) is 8.72. The number of halogens is 1. The summed E-state index contributed by atoms with van der Waals surface area (Å²) in [5.41, 5.74) is 8.59. The summed E-state index contributed by atoms with van der Waals surface area (Å²) in [6, 6.07) is 34.0. The molecule has 0 aliphatic carbocycles. The molecule has 0 spiro atoms. The number of nitrogens with one attached hydrogen (secondary N) is 1. The highest BCUT2D eigenvalue weighted by molar-refractivity contribution is 6.01. The molecule has 4 aromatic carbocycles. The summed E-state index contributed by atoms with van der Waals surface area (Å²) in [6.07, 6.45) is 1.71. The van der Waals surface area contributed by atoms with E-state index in [4.69, 9.17) is 0 Å². The van der Waals surface area contributed by atoms with E-state index < -0.39 is 5.92 Å². The number of benzene rings is 4. The number of hydrogen-bond donors (Lipinski definition) is 1. The zero-order valence-electron chi connectivity index (χ0n) is 19.9. The second-order valence-electron chi connectivity index (χ2n) is 8.72. The molecule has 178 valence electrons. The van der Waals surface area contributed by atoms with Gasteiger partial charge < -0.3 is 4.57 Å². The van der Waals surface area contributed by atoms with E-state index in [0.717, 1.165) is 38.9 Å². The lowest BCUT2D eigenvalue weighted by molar-refractivity contribution is -0.121. The van der Waals surface area contributed by atoms with Crippen molar-refractivity contribution in [3.8, 4) is 0 Å². The number of rotatable bonds is 7. The average Bonchev–Trinajstić information content (AvgIpc) is 3.17. The Bertz CT molecular complexity index is 1470. The van der Waals surface area contributed by atoms with Crippen LogP contribution in [0.2, 0.25) is 0 Å². The lowest BCUT2D eigenvalue weighted by Crippen LogP contribution is -2.26. The number of hydrogen-bond acceptors (Lipinski definition) is 2. The lowest BCUT2D eigenvalue weighted by Gasteiger charge is -2.16. The SMILES string of the molecule is Cc1c(/C=N\NC(=O)C(c2ccccc2)c2ccccc2)c2ccccc2n1Cc1ccc(F)cc1. The minimum atomic E-state index is -0.467. The standard InChI is InChI=1S/C31H26FN3O/c1-22-28(27-14-8-9-15-29(27)35(22)21-23-16-18-26(32)19-17-23)20-33-34-31(36)30(24-10-4-2-5-11-24)25-12-6-3-7-13-25/h2-20,30H,21H2,1H3,(H,34,36)/b33-20-. The fraction of sp³-hybridized carbons (Fsp3) is 0.0968. The molecule has 0 radical (unpaired) electrons. The maximum absolute atomic E-state index is 13.4. The highest BCUT2D eigenvalue weighted by atomic mass is 19.1. The van der Waals surface area contributed by atoms with E-state index in [0.29, 0.717) is 6.54 Å². The van der Waals surface area contributed by atoms with Crippen molar-refractivity contribution in [2.45, 2.75) is 19.4 Å². The van der Waals surface area contributed by atoms with Crippen LogP contribution in [0.1, 0.15) is 33.9 Å². The van der Waals surface area contributed by atoms with Crippen LogP contribution in [0.3, 0.4) is 0 Å². The van der Waals surface area contributed by atoms with Crippen molar-refractivity contribution < 1.29 is 9.18 Å². The first-order valence-corrected chi connectivity index (χ1v) is 11.9. The van der Waals surface area contributed by atoms with E-state index in [9.17, 15) is 9.18 Å². The Hall–Kier alpha value is -4.51. The van der Waals surface area contributed by atoms with Crippen LogP contribution in [-0.2, 0) is 11.3 Å². The molecular weight excluding hydrogens is 449 g/mol. The molecule has 0 saturated heterocycles. The summed E-state index contributed by atoms with van der Waals surface area (Å²) >= 11 is 0. The van der Waals surface area contributed by atoms with Gasteiger partial charge in [0.15, 0.2) is 0 Å². The third-order valence-corrected chi connectivity index (χ3v) is 6.43. The van der Waals surface area contributed by atoms with Gasteiger partial charge in [-0.15, -0.1) is 0 Å². The smallest absolute Gasteiger partial charge is 0.252 e. The predicted molar refractivity (Wildman–Crippen MR) is 143 cm³/mol. The molecule has 4 nitrogen and oxygen atoms in total. The third-order valence-electron chi connectivity index (χ3n) is 6.43. The van der Waals surface area contributed by atoms with Crippen molar-refractivity contribution in [3.05, 3.63) is 143 Å². The van der Waals surface area contributed by atoms with E-state index in [2.05, 4.69) is 21.2 Å². The highest BCUT2D eigenvalue weighted by Gasteiger charge is 2.22. The Labute approximate surface area is 209 Å². The molecule has 0 aliphatic rings. The Kier molecular flexibility index (Phi) is 6.72. The summed E-state index contributed by atoms with van der Waals surface area (Å²) < 4.78 is 15.6. The summed E-state index contributed by atoms with van der Waals surface area (Å²) in [5, 5.41) is 5.41. The van der Waals surface area contributed by atoms with Gasteiger partial charge in [0.05, 0.1) is 12.1 Å². The van der Waals surface area contributed by atoms with Crippen molar-refractivity contribution in [3.63, 3.8) is 0 Å². The van der Waals surface area contributed by atoms with Gasteiger partial charge in [-0.3, -0.25) is 4.79 Å². The molecule has 5 heteroatoms. The molecule has 1 N–H and O–H groups in total. The molecule has 0 atom stereocenters. The normalized spacial score (nSPS) is 11.4. The summed E-state index contributed by atoms with van der Waals surface area (Å²) in [7, 11) is 0. The average molecular weight is 476 g/mol. The molecule has 5 aromatic rings. The quantitative estimate of drug-likeness (QED) is 0.214. The molecule has 1 amide bonds. The molecule has 1 heterocycles. The van der Waals surface area contributed by atoms with Gasteiger partial charge in [-0.25, -0.2) is 9.82 Å². The molecule has 0 aliphatic heterocycles. The first kappa shape index (κ1) is 23.2. The maximum Gasteiger partial charge on any atom is 0.252 e. The van der Waals surface area contributed by atoms with Gasteiger partial charge in [-0.2, -0.15) is 5.10 Å². The Morgan fingerprint density at radius 3 is 2.08 bits per heavy atom. The number of amides is 1. The number of para-hydroxylation sites is 1. The number of hydrazone groups is 1. The van der Waals surface area contributed by atoms with Gasteiger partial charge >= 0.3 is 0 Å². The Morgan fingerprint density at radius 2 is 1.44 bits per heavy atom. The van der Waals surface area contributed by atoms with Crippen molar-refractivity contribution >= 4 is 23.0 Å². The molecule has 0 fully saturated rings. The van der Waals surface area contributed by atoms with Gasteiger partial charge in [0.2, 0.25) is 0 Å². The predicted octanol–water partition coefficient (Wildman–Crippen LogP) is 6.42. The van der Waals surface area contributed by atoms with Crippen LogP contribution in [-0.4, -0.2) is 16.7 Å². The molecule has 0 saturated carbocycles. The van der Waals surface area contributed by atoms with Crippen LogP contribution in [0, 0.1) is 12.7 Å². The van der Waals surface area contributed by atoms with Crippen LogP contribution in [0.25, 0.3) is 10.9 Å². The fourth-order valence-corrected chi connectivity index (χ4v) is 4.61. The van der Waals surface area contributed by atoms with E-state index >= 15 is 0 Å². The van der Waals surface area contributed by atoms with Gasteiger partial charge in [0, 0.05) is 28.7 Å². The summed E-state index contributed by atoms with van der Waals surface area (Å²) in [5.74, 6) is -0.914. The fourth-order valence-electron chi connectivity index (χ4n) is 4.61. The Morgan fingerprint density at radius 1 is 0.861 bits per heavy atom. The number of carbonyl (C=O) groups is 1. The van der Waals surface area contributed by atoms with E-state index in [-0.39, 0.29) is 11.7 Å². The second kappa shape index (κ2) is 10.4. The van der Waals surface area contributed by atoms with Crippen LogP contribution >= 0.6 is 0 Å². The van der Waals surface area contributed by atoms with Crippen molar-refractivity contribution in [2.75, 3.05) is 0 Å². The minimum Gasteiger partial charge on any atom is -0.340 e. The van der Waals surface area contributed by atoms with E-state index in [1.165, 1.54) is 12.1 Å². The Balaban J connectivity index is 1.43. The largest absolute Gasteiger partial charge is 0.340 e. The maximum atomic E-state index is 13.4. The van der Waals surface area contributed by atoms with E-state index in [1.54, 1.807) is 18.3 Å². The number of fused-ring (bicyclic) bond motifs is 1. The molecule has 5 rings (SSSR count). The van der Waals surface area contributed by atoms with Crippen LogP contribution in [0.5, 0.6) is 0 Å². The summed E-state index contributed by atoms with van der Waals surface area (Å²) in [6.45, 7) is 2.64. The zero-order valence-corrected chi connectivity index (χ0v) is 19.9. The first-order valence-electron chi connectivity index (χ1n) is 11.9. The summed E-state index contributed by atoms with van der Waals surface area (Å²) in [4.78, 5) is 13.3. The lowest BCUT2D eigenvalue weighted by atomic mass is 9.91. The van der Waals surface area contributed by atoms with Gasteiger partial charge in [-0.1, -0.05) is 91.0 Å². The molecule has 0 unspecified atom stereocenters. The van der Waals surface area contributed by atoms with Gasteiger partial charge in [0.25, 0.3) is 5.91 Å². The van der Waals surface area contributed by atoms with Gasteiger partial charge in [-0.05, 0) is 41.8 Å². The minimum absolute atomic E-state index is 0.198. The zero-order chi connectivity index (χ0) is 24.9. The van der Waals surface area contributed by atoms with Crippen molar-refractivity contribution in [1.29, 1.82) is 0 Å². The third kappa shape index (κ3) is 4.82. The number of aromatic nitrogens is 1. The molecule has 0 bridgehead atoms. The number of carbonyl (C=O) groups excluding carboxylic acids is 1. The highest BCUT2D eigenvalue weighted by Crippen LogP contribution is 2.27. The molecular formula is C31H26FN3O. The monoisotopic (exact) mass is 475 g/mol. The topological polar surface area (TPSA) is 46.4 Å². The van der Waals surface area contributed by atoms with Crippen molar-refractivity contribution in [1.82, 2.24) is 9.99 Å². The van der Waals surface area contributed by atoms with Crippen LogP contribution in [0.4, 0.5) is 4.39 Å². The molecule has 1 aromatic heterocycles. The first-order chi connectivity index (χ1) is 17.6. The van der Waals surface area contributed by atoms with Crippen LogP contribution < -0.4 is 5.43 Å². The molecule has 36 heavy (non-hydrogen) atoms. The van der Waals surface area contributed by atoms with E-state index in [1.807, 2.05) is 85.8 Å². The van der Waals surface area contributed by atoms with Crippen LogP contribution in [0.15, 0.2) is 114 Å². The van der Waals surface area contributed by atoms with Gasteiger partial charge in [0.1, 0.15) is 5.82 Å². The van der Waals surface area contributed by atoms with Crippen molar-refractivity contribution in [2.24, 2.45) is 5.10 Å².